The Morgan fingerprint density at radius 2 is 1.80 bits per heavy atom. The molecule has 2 aliphatic heterocycles. The van der Waals surface area contributed by atoms with Gasteiger partial charge in [0, 0.05) is 24.6 Å². The molecule has 2 aliphatic rings. The molecule has 0 aromatic carbocycles. The van der Waals surface area contributed by atoms with E-state index in [1.165, 1.54) is 38.8 Å². The van der Waals surface area contributed by atoms with Gasteiger partial charge in [0.25, 0.3) is 0 Å². The largest absolute Gasteiger partial charge is 0.381 e. The quantitative estimate of drug-likeness (QED) is 0.865. The fourth-order valence-electron chi connectivity index (χ4n) is 4.05. The topological polar surface area (TPSA) is 38.5 Å². The zero-order chi connectivity index (χ0) is 14.8. The summed E-state index contributed by atoms with van der Waals surface area (Å²) >= 11 is 0. The van der Waals surface area contributed by atoms with Crippen LogP contribution >= 0.6 is 0 Å². The fraction of sp³-hybridized carbons (Fsp3) is 1.00. The molecule has 3 unspecified atom stereocenters. The van der Waals surface area contributed by atoms with Gasteiger partial charge >= 0.3 is 0 Å². The van der Waals surface area contributed by atoms with E-state index in [0.717, 1.165) is 25.7 Å². The first-order valence-electron chi connectivity index (χ1n) is 8.41. The SMILES string of the molecule is CC(C)(C)C1CCCN(C(C)(CN)C2CCOC2)CC1. The lowest BCUT2D eigenvalue weighted by atomic mass is 9.76. The highest BCUT2D eigenvalue weighted by molar-refractivity contribution is 4.96. The van der Waals surface area contributed by atoms with Crippen LogP contribution in [0.15, 0.2) is 0 Å². The zero-order valence-corrected chi connectivity index (χ0v) is 14.0. The summed E-state index contributed by atoms with van der Waals surface area (Å²) in [5.41, 5.74) is 6.76. The summed E-state index contributed by atoms with van der Waals surface area (Å²) < 4.78 is 5.62. The van der Waals surface area contributed by atoms with E-state index in [1.807, 2.05) is 0 Å². The highest BCUT2D eigenvalue weighted by Crippen LogP contribution is 2.38. The molecule has 2 rings (SSSR count). The number of nitrogens with two attached hydrogens (primary N) is 1. The van der Waals surface area contributed by atoms with Crippen molar-refractivity contribution in [3.05, 3.63) is 0 Å². The third-order valence-electron chi connectivity index (χ3n) is 5.90. The molecule has 3 heteroatoms. The Kier molecular flexibility index (Phi) is 5.14. The van der Waals surface area contributed by atoms with E-state index in [1.54, 1.807) is 0 Å². The van der Waals surface area contributed by atoms with Crippen LogP contribution in [0, 0.1) is 17.3 Å². The lowest BCUT2D eigenvalue weighted by Gasteiger charge is -2.44. The van der Waals surface area contributed by atoms with Crippen molar-refractivity contribution in [3.63, 3.8) is 0 Å². The summed E-state index contributed by atoms with van der Waals surface area (Å²) in [5, 5.41) is 0. The third kappa shape index (κ3) is 3.37. The fourth-order valence-corrected chi connectivity index (χ4v) is 4.05. The second-order valence-corrected chi connectivity index (χ2v) is 8.10. The van der Waals surface area contributed by atoms with Crippen molar-refractivity contribution in [2.24, 2.45) is 23.0 Å². The van der Waals surface area contributed by atoms with Crippen molar-refractivity contribution in [2.75, 3.05) is 32.8 Å². The summed E-state index contributed by atoms with van der Waals surface area (Å²) in [4.78, 5) is 2.68. The van der Waals surface area contributed by atoms with Crippen LogP contribution < -0.4 is 5.73 Å². The van der Waals surface area contributed by atoms with E-state index in [-0.39, 0.29) is 5.54 Å². The molecule has 2 heterocycles. The van der Waals surface area contributed by atoms with Gasteiger partial charge in [-0.15, -0.1) is 0 Å². The van der Waals surface area contributed by atoms with Crippen molar-refractivity contribution >= 4 is 0 Å². The Balaban J connectivity index is 2.04. The Labute approximate surface area is 125 Å². The smallest absolute Gasteiger partial charge is 0.0513 e. The van der Waals surface area contributed by atoms with Crippen molar-refractivity contribution in [2.45, 2.75) is 58.9 Å². The van der Waals surface area contributed by atoms with E-state index >= 15 is 0 Å². The number of likely N-dealkylation sites (tertiary alicyclic amines) is 1. The summed E-state index contributed by atoms with van der Waals surface area (Å²) in [6.45, 7) is 14.5. The molecule has 2 N–H and O–H groups in total. The van der Waals surface area contributed by atoms with E-state index < -0.39 is 0 Å². The molecule has 20 heavy (non-hydrogen) atoms. The molecular weight excluding hydrogens is 248 g/mol. The summed E-state index contributed by atoms with van der Waals surface area (Å²) in [5.74, 6) is 1.45. The monoisotopic (exact) mass is 282 g/mol. The van der Waals surface area contributed by atoms with Crippen LogP contribution in [0.4, 0.5) is 0 Å². The molecule has 3 nitrogen and oxygen atoms in total. The maximum atomic E-state index is 6.19. The second kappa shape index (κ2) is 6.33. The minimum atomic E-state index is 0.128. The Morgan fingerprint density at radius 3 is 2.35 bits per heavy atom. The molecule has 0 bridgehead atoms. The molecule has 0 aliphatic carbocycles. The summed E-state index contributed by atoms with van der Waals surface area (Å²) in [7, 11) is 0. The van der Waals surface area contributed by atoms with Crippen LogP contribution in [0.5, 0.6) is 0 Å². The molecule has 2 fully saturated rings. The Bertz CT molecular complexity index is 307. The van der Waals surface area contributed by atoms with E-state index in [4.69, 9.17) is 10.5 Å². The van der Waals surface area contributed by atoms with E-state index in [0.29, 0.717) is 11.3 Å². The maximum Gasteiger partial charge on any atom is 0.0513 e. The Morgan fingerprint density at radius 1 is 1.05 bits per heavy atom. The summed E-state index contributed by atoms with van der Waals surface area (Å²) in [6.07, 6.45) is 5.16. The number of hydrogen-bond acceptors (Lipinski definition) is 3. The van der Waals surface area contributed by atoms with Crippen LogP contribution in [0.1, 0.15) is 53.4 Å². The van der Waals surface area contributed by atoms with Gasteiger partial charge in [-0.2, -0.15) is 0 Å². The minimum Gasteiger partial charge on any atom is -0.381 e. The molecule has 0 aromatic heterocycles. The van der Waals surface area contributed by atoms with Crippen LogP contribution in [-0.2, 0) is 4.74 Å². The number of hydrogen-bond donors (Lipinski definition) is 1. The molecule has 118 valence electrons. The van der Waals surface area contributed by atoms with Gasteiger partial charge in [0.2, 0.25) is 0 Å². The first kappa shape index (κ1) is 16.3. The standard InChI is InChI=1S/C17H34N2O/c1-16(2,3)14-6-5-9-19(10-7-14)17(4,13-18)15-8-11-20-12-15/h14-15H,5-13,18H2,1-4H3. The highest BCUT2D eigenvalue weighted by Gasteiger charge is 2.41. The molecular formula is C17H34N2O. The number of ether oxygens (including phenoxy) is 1. The number of nitrogens with zero attached hydrogens (tertiary/aromatic N) is 1. The average Bonchev–Trinajstić information content (AvgIpc) is 2.80. The maximum absolute atomic E-state index is 6.19. The molecule has 0 amide bonds. The van der Waals surface area contributed by atoms with E-state index in [9.17, 15) is 0 Å². The average molecular weight is 282 g/mol. The third-order valence-corrected chi connectivity index (χ3v) is 5.90. The first-order valence-corrected chi connectivity index (χ1v) is 8.41. The minimum absolute atomic E-state index is 0.128. The van der Waals surface area contributed by atoms with E-state index in [2.05, 4.69) is 32.6 Å². The van der Waals surface area contributed by atoms with Crippen molar-refractivity contribution in [1.29, 1.82) is 0 Å². The second-order valence-electron chi connectivity index (χ2n) is 8.10. The van der Waals surface area contributed by atoms with Gasteiger partial charge in [-0.3, -0.25) is 4.90 Å². The predicted octanol–water partition coefficient (Wildman–Crippen LogP) is 2.89. The summed E-state index contributed by atoms with van der Waals surface area (Å²) in [6, 6.07) is 0. The highest BCUT2D eigenvalue weighted by atomic mass is 16.5. The van der Waals surface area contributed by atoms with Gasteiger partial charge in [0.15, 0.2) is 0 Å². The molecule has 2 saturated heterocycles. The van der Waals surface area contributed by atoms with Crippen LogP contribution in [0.2, 0.25) is 0 Å². The molecule has 0 aromatic rings. The van der Waals surface area contributed by atoms with Gasteiger partial charge < -0.3 is 10.5 Å². The predicted molar refractivity (Wildman–Crippen MR) is 84.8 cm³/mol. The van der Waals surface area contributed by atoms with Crippen LogP contribution in [0.3, 0.4) is 0 Å². The van der Waals surface area contributed by atoms with Gasteiger partial charge in [-0.25, -0.2) is 0 Å². The van der Waals surface area contributed by atoms with Gasteiger partial charge in [-0.05, 0) is 57.0 Å². The van der Waals surface area contributed by atoms with Crippen LogP contribution in [0.25, 0.3) is 0 Å². The molecule has 3 atom stereocenters. The van der Waals surface area contributed by atoms with Crippen LogP contribution in [-0.4, -0.2) is 43.3 Å². The lowest BCUT2D eigenvalue weighted by molar-refractivity contribution is 0.0454. The Hall–Kier alpha value is -0.120. The van der Waals surface area contributed by atoms with Crippen molar-refractivity contribution in [1.82, 2.24) is 4.90 Å². The first-order chi connectivity index (χ1) is 9.38. The number of rotatable bonds is 3. The normalized spacial score (nSPS) is 32.9. The molecule has 0 saturated carbocycles. The zero-order valence-electron chi connectivity index (χ0n) is 14.0. The van der Waals surface area contributed by atoms with Gasteiger partial charge in [0.1, 0.15) is 0 Å². The van der Waals surface area contributed by atoms with Crippen molar-refractivity contribution < 1.29 is 4.74 Å². The molecule has 0 spiro atoms. The lowest BCUT2D eigenvalue weighted by Crippen LogP contribution is -2.57. The van der Waals surface area contributed by atoms with Crippen molar-refractivity contribution in [3.8, 4) is 0 Å². The molecule has 0 radical (unpaired) electrons. The van der Waals surface area contributed by atoms with Gasteiger partial charge in [0.05, 0.1) is 6.61 Å². The van der Waals surface area contributed by atoms with Gasteiger partial charge in [-0.1, -0.05) is 20.8 Å².